The van der Waals surface area contributed by atoms with E-state index in [2.05, 4.69) is 27.2 Å². The van der Waals surface area contributed by atoms with Gasteiger partial charge in [0, 0.05) is 31.4 Å². The van der Waals surface area contributed by atoms with Gasteiger partial charge in [0.05, 0.1) is 0 Å². The standard InChI is InChI=1S/C12H17N5/c1-5-10-14-6-7-17(10)12-8(2)11(13-4)15-9(3)16-12/h6-7H,5H2,1-4H3,(H,13,15,16). The lowest BCUT2D eigenvalue weighted by molar-refractivity contribution is 0.843. The zero-order chi connectivity index (χ0) is 12.4. The summed E-state index contributed by atoms with van der Waals surface area (Å²) >= 11 is 0. The van der Waals surface area contributed by atoms with Crippen LogP contribution in [0.25, 0.3) is 5.82 Å². The van der Waals surface area contributed by atoms with E-state index in [1.54, 1.807) is 6.20 Å². The van der Waals surface area contributed by atoms with Gasteiger partial charge in [-0.3, -0.25) is 4.57 Å². The van der Waals surface area contributed by atoms with Gasteiger partial charge >= 0.3 is 0 Å². The Bertz CT molecular complexity index is 530. The summed E-state index contributed by atoms with van der Waals surface area (Å²) in [6.07, 6.45) is 4.62. The third kappa shape index (κ3) is 2.00. The van der Waals surface area contributed by atoms with Crippen LogP contribution in [0.2, 0.25) is 0 Å². The number of imidazole rings is 1. The minimum atomic E-state index is 0.755. The predicted molar refractivity (Wildman–Crippen MR) is 67.6 cm³/mol. The second-order valence-electron chi connectivity index (χ2n) is 3.89. The third-order valence-corrected chi connectivity index (χ3v) is 2.73. The molecule has 0 bridgehead atoms. The molecular formula is C12H17N5. The molecule has 2 aromatic rings. The second kappa shape index (κ2) is 4.53. The molecule has 0 amide bonds. The number of rotatable bonds is 3. The molecule has 0 saturated heterocycles. The van der Waals surface area contributed by atoms with Crippen LogP contribution in [0.5, 0.6) is 0 Å². The van der Waals surface area contributed by atoms with Crippen LogP contribution in [0, 0.1) is 13.8 Å². The van der Waals surface area contributed by atoms with Gasteiger partial charge in [0.1, 0.15) is 23.3 Å². The van der Waals surface area contributed by atoms with Crippen LogP contribution in [0.15, 0.2) is 12.4 Å². The first-order valence-corrected chi connectivity index (χ1v) is 5.73. The van der Waals surface area contributed by atoms with Crippen LogP contribution >= 0.6 is 0 Å². The van der Waals surface area contributed by atoms with E-state index >= 15 is 0 Å². The lowest BCUT2D eigenvalue weighted by Gasteiger charge is -2.12. The fraction of sp³-hybridized carbons (Fsp3) is 0.417. The molecule has 0 aliphatic heterocycles. The monoisotopic (exact) mass is 231 g/mol. The minimum absolute atomic E-state index is 0.755. The molecule has 2 rings (SSSR count). The zero-order valence-corrected chi connectivity index (χ0v) is 10.7. The number of nitrogens with zero attached hydrogens (tertiary/aromatic N) is 4. The zero-order valence-electron chi connectivity index (χ0n) is 10.7. The highest BCUT2D eigenvalue weighted by Gasteiger charge is 2.12. The molecule has 0 fully saturated rings. The van der Waals surface area contributed by atoms with E-state index < -0.39 is 0 Å². The summed E-state index contributed by atoms with van der Waals surface area (Å²) in [5, 5.41) is 3.09. The fourth-order valence-electron chi connectivity index (χ4n) is 1.88. The van der Waals surface area contributed by atoms with Crippen LogP contribution in [0.4, 0.5) is 5.82 Å². The summed E-state index contributed by atoms with van der Waals surface area (Å²) in [6, 6.07) is 0. The molecule has 90 valence electrons. The molecule has 0 radical (unpaired) electrons. The summed E-state index contributed by atoms with van der Waals surface area (Å²) in [7, 11) is 1.87. The van der Waals surface area contributed by atoms with Crippen molar-refractivity contribution in [2.45, 2.75) is 27.2 Å². The Hall–Kier alpha value is -1.91. The summed E-state index contributed by atoms with van der Waals surface area (Å²) in [4.78, 5) is 13.2. The van der Waals surface area contributed by atoms with E-state index in [-0.39, 0.29) is 0 Å². The van der Waals surface area contributed by atoms with Crippen LogP contribution in [-0.4, -0.2) is 26.6 Å². The highest BCUT2D eigenvalue weighted by molar-refractivity contribution is 5.51. The summed E-state index contributed by atoms with van der Waals surface area (Å²) in [5.74, 6) is 3.53. The molecule has 2 heterocycles. The van der Waals surface area contributed by atoms with Crippen molar-refractivity contribution >= 4 is 5.82 Å². The summed E-state index contributed by atoms with van der Waals surface area (Å²) < 4.78 is 2.02. The number of hydrogen-bond acceptors (Lipinski definition) is 4. The Morgan fingerprint density at radius 2 is 2.06 bits per heavy atom. The molecule has 0 atom stereocenters. The highest BCUT2D eigenvalue weighted by atomic mass is 15.2. The van der Waals surface area contributed by atoms with Gasteiger partial charge in [0.2, 0.25) is 0 Å². The number of hydrogen-bond donors (Lipinski definition) is 1. The van der Waals surface area contributed by atoms with Crippen LogP contribution < -0.4 is 5.32 Å². The molecule has 2 aromatic heterocycles. The molecule has 0 aliphatic rings. The molecule has 5 nitrogen and oxygen atoms in total. The molecule has 1 N–H and O–H groups in total. The van der Waals surface area contributed by atoms with E-state index in [1.807, 2.05) is 31.7 Å². The van der Waals surface area contributed by atoms with Crippen molar-refractivity contribution in [3.05, 3.63) is 29.6 Å². The molecule has 0 aromatic carbocycles. The molecule has 0 spiro atoms. The minimum Gasteiger partial charge on any atom is -0.373 e. The maximum atomic E-state index is 4.50. The maximum absolute atomic E-state index is 4.50. The first-order valence-electron chi connectivity index (χ1n) is 5.73. The third-order valence-electron chi connectivity index (χ3n) is 2.73. The van der Waals surface area contributed by atoms with Crippen LogP contribution in [0.1, 0.15) is 24.1 Å². The lowest BCUT2D eigenvalue weighted by atomic mass is 10.3. The normalized spacial score (nSPS) is 10.6. The fourth-order valence-corrected chi connectivity index (χ4v) is 1.88. The lowest BCUT2D eigenvalue weighted by Crippen LogP contribution is -2.09. The van der Waals surface area contributed by atoms with Gasteiger partial charge in [-0.1, -0.05) is 6.92 Å². The Morgan fingerprint density at radius 1 is 1.29 bits per heavy atom. The number of aromatic nitrogens is 4. The largest absolute Gasteiger partial charge is 0.373 e. The molecule has 17 heavy (non-hydrogen) atoms. The van der Waals surface area contributed by atoms with E-state index in [1.165, 1.54) is 0 Å². The van der Waals surface area contributed by atoms with Crippen molar-refractivity contribution in [1.82, 2.24) is 19.5 Å². The Labute approximate surface area is 101 Å². The Balaban J connectivity index is 2.63. The van der Waals surface area contributed by atoms with Gasteiger partial charge in [0.15, 0.2) is 0 Å². The smallest absolute Gasteiger partial charge is 0.146 e. The van der Waals surface area contributed by atoms with Crippen molar-refractivity contribution in [2.24, 2.45) is 0 Å². The van der Waals surface area contributed by atoms with Crippen molar-refractivity contribution < 1.29 is 0 Å². The van der Waals surface area contributed by atoms with Gasteiger partial charge in [-0.15, -0.1) is 0 Å². The number of aryl methyl sites for hydroxylation is 2. The van der Waals surface area contributed by atoms with Gasteiger partial charge < -0.3 is 5.32 Å². The molecule has 0 aliphatic carbocycles. The maximum Gasteiger partial charge on any atom is 0.146 e. The van der Waals surface area contributed by atoms with E-state index in [0.29, 0.717) is 0 Å². The molecule has 5 heteroatoms. The van der Waals surface area contributed by atoms with Crippen LogP contribution in [-0.2, 0) is 6.42 Å². The highest BCUT2D eigenvalue weighted by Crippen LogP contribution is 2.19. The van der Waals surface area contributed by atoms with Gasteiger partial charge in [-0.05, 0) is 13.8 Å². The first kappa shape index (κ1) is 11.6. The Morgan fingerprint density at radius 3 is 2.71 bits per heavy atom. The topological polar surface area (TPSA) is 55.6 Å². The van der Waals surface area contributed by atoms with E-state index in [0.717, 1.165) is 35.3 Å². The van der Waals surface area contributed by atoms with Gasteiger partial charge in [-0.25, -0.2) is 15.0 Å². The van der Waals surface area contributed by atoms with Gasteiger partial charge in [-0.2, -0.15) is 0 Å². The quantitative estimate of drug-likeness (QED) is 0.876. The Kier molecular flexibility index (Phi) is 3.08. The van der Waals surface area contributed by atoms with Crippen molar-refractivity contribution in [1.29, 1.82) is 0 Å². The number of nitrogens with one attached hydrogen (secondary N) is 1. The first-order chi connectivity index (χ1) is 8.17. The van der Waals surface area contributed by atoms with Crippen molar-refractivity contribution in [3.63, 3.8) is 0 Å². The summed E-state index contributed by atoms with van der Waals surface area (Å²) in [6.45, 7) is 5.99. The summed E-state index contributed by atoms with van der Waals surface area (Å²) in [5.41, 5.74) is 1.03. The SMILES string of the molecule is CCc1nccn1-c1nc(C)nc(NC)c1C. The van der Waals surface area contributed by atoms with Gasteiger partial charge in [0.25, 0.3) is 0 Å². The molecular weight excluding hydrogens is 214 g/mol. The van der Waals surface area contributed by atoms with Crippen LogP contribution in [0.3, 0.4) is 0 Å². The predicted octanol–water partition coefficient (Wildman–Crippen LogP) is 1.88. The average molecular weight is 231 g/mol. The van der Waals surface area contributed by atoms with E-state index in [9.17, 15) is 0 Å². The number of anilines is 1. The molecule has 0 unspecified atom stereocenters. The van der Waals surface area contributed by atoms with Crippen molar-refractivity contribution in [2.75, 3.05) is 12.4 Å². The van der Waals surface area contributed by atoms with E-state index in [4.69, 9.17) is 0 Å². The molecule has 0 saturated carbocycles. The second-order valence-corrected chi connectivity index (χ2v) is 3.89. The van der Waals surface area contributed by atoms with Crippen molar-refractivity contribution in [3.8, 4) is 5.82 Å². The average Bonchev–Trinajstić information content (AvgIpc) is 2.79.